The number of nitrogens with one attached hydrogen (secondary N) is 2. The Hall–Kier alpha value is -5.64. The molecule has 9 heterocycles. The van der Waals surface area contributed by atoms with Crippen LogP contribution in [0.2, 0.25) is 0 Å². The fraction of sp³-hybridized carbons (Fsp3) is 0. The Morgan fingerprint density at radius 3 is 1.02 bits per heavy atom. The number of benzene rings is 4. The second-order valence-corrected chi connectivity index (χ2v) is 17.5. The fourth-order valence-electron chi connectivity index (χ4n) is 8.28. The number of fused-ring (bicyclic) bond motifs is 24. The first kappa shape index (κ1) is 28.0. The van der Waals surface area contributed by atoms with Crippen LogP contribution in [0.15, 0.2) is 119 Å². The third kappa shape index (κ3) is 3.89. The summed E-state index contributed by atoms with van der Waals surface area (Å²) in [7, 11) is 0. The maximum absolute atomic E-state index is 5.42. The highest BCUT2D eigenvalue weighted by atomic mass is 32.1. The average molecular weight is 735 g/mol. The van der Waals surface area contributed by atoms with E-state index in [9.17, 15) is 0 Å². The number of thiophene rings is 4. The number of nitrogens with zero attached hydrogens (tertiary/aromatic N) is 2. The minimum absolute atomic E-state index is 0.963. The van der Waals surface area contributed by atoms with E-state index in [2.05, 4.69) is 129 Å². The first-order valence-corrected chi connectivity index (χ1v) is 20.6. The molecule has 8 heteroatoms. The zero-order valence-electron chi connectivity index (χ0n) is 27.1. The molecule has 0 saturated heterocycles. The molecular weight excluding hydrogens is 713 g/mol. The quantitative estimate of drug-likeness (QED) is 0.163. The summed E-state index contributed by atoms with van der Waals surface area (Å²) in [4.78, 5) is 18.6. The van der Waals surface area contributed by atoms with Crippen LogP contribution in [-0.4, -0.2) is 19.9 Å². The van der Waals surface area contributed by atoms with Gasteiger partial charge in [-0.3, -0.25) is 0 Å². The Bertz CT molecular complexity index is 3100. The SMILES string of the molecule is c1cc2cc3c(cc2s1)-c1cc2[nH]c(cc4nc(cc5[nH]c(cc-3n1)c1cc3sccc3cc51)-c1cc3sccc3cc1-4)c1cc3sccc3cc21. The van der Waals surface area contributed by atoms with Gasteiger partial charge in [-0.05, 0) is 140 Å². The van der Waals surface area contributed by atoms with Crippen molar-refractivity contribution in [1.82, 2.24) is 19.9 Å². The third-order valence-corrected chi connectivity index (χ3v) is 14.3. The Balaban J connectivity index is 1.25. The third-order valence-electron chi connectivity index (χ3n) is 10.8. The summed E-state index contributed by atoms with van der Waals surface area (Å²) in [6.07, 6.45) is 0. The fourth-order valence-corrected chi connectivity index (χ4v) is 11.5. The molecule has 13 rings (SSSR count). The Labute approximate surface area is 310 Å². The molecule has 11 aromatic rings. The molecule has 4 aromatic carbocycles. The lowest BCUT2D eigenvalue weighted by Gasteiger charge is -2.00. The summed E-state index contributed by atoms with van der Waals surface area (Å²) in [6.45, 7) is 0. The van der Waals surface area contributed by atoms with Gasteiger partial charge in [-0.1, -0.05) is 0 Å². The second-order valence-electron chi connectivity index (χ2n) is 13.7. The number of hydrogen-bond donors (Lipinski definition) is 2. The van der Waals surface area contributed by atoms with Gasteiger partial charge < -0.3 is 9.97 Å². The van der Waals surface area contributed by atoms with E-state index in [-0.39, 0.29) is 0 Å². The number of hydrogen-bond acceptors (Lipinski definition) is 6. The van der Waals surface area contributed by atoms with Gasteiger partial charge in [-0.15, -0.1) is 45.3 Å². The molecule has 0 spiro atoms. The van der Waals surface area contributed by atoms with Crippen LogP contribution < -0.4 is 0 Å². The zero-order chi connectivity index (χ0) is 33.7. The smallest absolute Gasteiger partial charge is 0.0737 e. The first-order chi connectivity index (χ1) is 25.7. The van der Waals surface area contributed by atoms with Gasteiger partial charge in [0.1, 0.15) is 0 Å². The maximum Gasteiger partial charge on any atom is 0.0737 e. The van der Waals surface area contributed by atoms with Gasteiger partial charge >= 0.3 is 0 Å². The molecule has 2 aliphatic heterocycles. The predicted octanol–water partition coefficient (Wildman–Crippen LogP) is 14.1. The molecule has 0 amide bonds. The van der Waals surface area contributed by atoms with E-state index in [1.165, 1.54) is 61.9 Å². The van der Waals surface area contributed by atoms with Gasteiger partial charge in [0.05, 0.1) is 22.8 Å². The van der Waals surface area contributed by atoms with Crippen molar-refractivity contribution in [3.8, 4) is 45.0 Å². The van der Waals surface area contributed by atoms with Crippen molar-refractivity contribution in [3.05, 3.63) is 119 Å². The van der Waals surface area contributed by atoms with Gasteiger partial charge in [0, 0.05) is 84.7 Å². The van der Waals surface area contributed by atoms with Gasteiger partial charge in [0.15, 0.2) is 0 Å². The van der Waals surface area contributed by atoms with E-state index >= 15 is 0 Å². The molecule has 2 aliphatic rings. The van der Waals surface area contributed by atoms with Crippen LogP contribution in [0.1, 0.15) is 0 Å². The highest BCUT2D eigenvalue weighted by molar-refractivity contribution is 7.18. The number of aromatic amines is 2. The van der Waals surface area contributed by atoms with Crippen LogP contribution in [0.4, 0.5) is 0 Å². The highest BCUT2D eigenvalue weighted by Crippen LogP contribution is 2.44. The molecule has 0 aliphatic carbocycles. The van der Waals surface area contributed by atoms with Crippen LogP contribution in [-0.2, 0) is 0 Å². The van der Waals surface area contributed by atoms with Crippen molar-refractivity contribution in [2.75, 3.05) is 0 Å². The predicted molar refractivity (Wildman–Crippen MR) is 226 cm³/mol. The highest BCUT2D eigenvalue weighted by Gasteiger charge is 2.22. The average Bonchev–Trinajstić information content (AvgIpc) is 4.01. The van der Waals surface area contributed by atoms with E-state index in [4.69, 9.17) is 9.97 Å². The molecule has 4 nitrogen and oxygen atoms in total. The molecule has 0 fully saturated rings. The molecule has 0 atom stereocenters. The Kier molecular flexibility index (Phi) is 5.40. The summed E-state index contributed by atoms with van der Waals surface area (Å²) in [5.41, 5.74) is 12.7. The maximum atomic E-state index is 5.42. The minimum atomic E-state index is 0.963. The monoisotopic (exact) mass is 734 g/mol. The molecular formula is C44H22N4S4. The molecule has 0 saturated carbocycles. The summed E-state index contributed by atoms with van der Waals surface area (Å²) in [5.74, 6) is 0. The Morgan fingerprint density at radius 1 is 0.327 bits per heavy atom. The molecule has 0 radical (unpaired) electrons. The van der Waals surface area contributed by atoms with Crippen LogP contribution >= 0.6 is 45.3 Å². The molecule has 2 N–H and O–H groups in total. The van der Waals surface area contributed by atoms with E-state index in [0.29, 0.717) is 0 Å². The van der Waals surface area contributed by atoms with Crippen molar-refractivity contribution in [1.29, 1.82) is 0 Å². The van der Waals surface area contributed by atoms with E-state index in [0.717, 1.165) is 67.1 Å². The summed E-state index contributed by atoms with van der Waals surface area (Å²) >= 11 is 7.12. The first-order valence-electron chi connectivity index (χ1n) is 17.1. The van der Waals surface area contributed by atoms with Crippen LogP contribution in [0.25, 0.3) is 129 Å². The van der Waals surface area contributed by atoms with Crippen LogP contribution in [0, 0.1) is 0 Å². The standard InChI is InChI=1S/C44H22N4S4/c1-5-49-41-13-29-25(9-21(1)41)33-17-38-30-14-42-22(2-6-50-42)10-26(30)35(46-38)19-40-32-16-44-24(4-8-52-44)12-28(32)36(48-40)20-39-31-15-43-23(3-7-51-43)11-27(31)34(47-39)18-37(29)45-33/h1-20,45,48H. The zero-order valence-corrected chi connectivity index (χ0v) is 30.3. The molecule has 52 heavy (non-hydrogen) atoms. The number of H-pyrrole nitrogens is 2. The number of aromatic nitrogens is 4. The minimum Gasteiger partial charge on any atom is -0.354 e. The summed E-state index contributed by atoms with van der Waals surface area (Å²) in [6, 6.07) is 36.4. The summed E-state index contributed by atoms with van der Waals surface area (Å²) in [5, 5.41) is 18.4. The Morgan fingerprint density at radius 2 is 0.635 bits per heavy atom. The van der Waals surface area contributed by atoms with Crippen molar-refractivity contribution in [3.63, 3.8) is 0 Å². The van der Waals surface area contributed by atoms with Gasteiger partial charge in [-0.2, -0.15) is 0 Å². The van der Waals surface area contributed by atoms with Crippen molar-refractivity contribution >= 4 is 129 Å². The van der Waals surface area contributed by atoms with E-state index in [1.54, 1.807) is 45.3 Å². The van der Waals surface area contributed by atoms with E-state index in [1.807, 2.05) is 0 Å². The van der Waals surface area contributed by atoms with Crippen LogP contribution in [0.5, 0.6) is 0 Å². The molecule has 242 valence electrons. The lowest BCUT2D eigenvalue weighted by atomic mass is 10.0. The summed E-state index contributed by atoms with van der Waals surface area (Å²) < 4.78 is 5.08. The van der Waals surface area contributed by atoms with Crippen molar-refractivity contribution in [2.45, 2.75) is 0 Å². The normalized spacial score (nSPS) is 12.6. The lowest BCUT2D eigenvalue weighted by molar-refractivity contribution is 1.40. The largest absolute Gasteiger partial charge is 0.354 e. The molecule has 8 bridgehead atoms. The van der Waals surface area contributed by atoms with Crippen molar-refractivity contribution in [2.24, 2.45) is 0 Å². The van der Waals surface area contributed by atoms with Crippen LogP contribution in [0.3, 0.4) is 0 Å². The van der Waals surface area contributed by atoms with Gasteiger partial charge in [-0.25, -0.2) is 9.97 Å². The van der Waals surface area contributed by atoms with Gasteiger partial charge in [0.2, 0.25) is 0 Å². The molecule has 0 unspecified atom stereocenters. The topological polar surface area (TPSA) is 57.4 Å². The lowest BCUT2D eigenvalue weighted by Crippen LogP contribution is -1.77. The second kappa shape index (κ2) is 10.0. The van der Waals surface area contributed by atoms with Crippen molar-refractivity contribution < 1.29 is 0 Å². The van der Waals surface area contributed by atoms with E-state index < -0.39 is 0 Å². The van der Waals surface area contributed by atoms with Gasteiger partial charge in [0.25, 0.3) is 0 Å². The molecule has 7 aromatic heterocycles. The number of rotatable bonds is 0.